The first-order valence-corrected chi connectivity index (χ1v) is 5.66. The SMILES string of the molecule is COc1ccc(OC)c2c1CCC2CCO. The van der Waals surface area contributed by atoms with Crippen LogP contribution in [0.5, 0.6) is 11.5 Å². The van der Waals surface area contributed by atoms with Gasteiger partial charge < -0.3 is 14.6 Å². The van der Waals surface area contributed by atoms with Crippen molar-refractivity contribution in [3.63, 3.8) is 0 Å². The largest absolute Gasteiger partial charge is 0.496 e. The number of ether oxygens (including phenoxy) is 2. The molecule has 1 aliphatic carbocycles. The van der Waals surface area contributed by atoms with Gasteiger partial charge in [0.2, 0.25) is 0 Å². The fourth-order valence-electron chi connectivity index (χ4n) is 2.61. The average molecular weight is 222 g/mol. The molecule has 2 rings (SSSR count). The van der Waals surface area contributed by atoms with Gasteiger partial charge in [-0.1, -0.05) is 0 Å². The van der Waals surface area contributed by atoms with E-state index in [2.05, 4.69) is 0 Å². The van der Waals surface area contributed by atoms with Gasteiger partial charge >= 0.3 is 0 Å². The van der Waals surface area contributed by atoms with Crippen LogP contribution in [0.2, 0.25) is 0 Å². The van der Waals surface area contributed by atoms with E-state index < -0.39 is 0 Å². The molecule has 1 unspecified atom stereocenters. The Balaban J connectivity index is 2.44. The molecule has 1 aromatic carbocycles. The van der Waals surface area contributed by atoms with Crippen LogP contribution in [0.4, 0.5) is 0 Å². The molecule has 0 saturated carbocycles. The number of methoxy groups -OCH3 is 2. The second-order valence-corrected chi connectivity index (χ2v) is 4.11. The third kappa shape index (κ3) is 1.76. The first kappa shape index (κ1) is 11.3. The Morgan fingerprint density at radius 1 is 1.25 bits per heavy atom. The third-order valence-corrected chi connectivity index (χ3v) is 3.34. The summed E-state index contributed by atoms with van der Waals surface area (Å²) < 4.78 is 10.8. The highest BCUT2D eigenvalue weighted by Crippen LogP contribution is 2.45. The van der Waals surface area contributed by atoms with Crippen molar-refractivity contribution < 1.29 is 14.6 Å². The Labute approximate surface area is 96.0 Å². The van der Waals surface area contributed by atoms with Crippen LogP contribution < -0.4 is 9.47 Å². The van der Waals surface area contributed by atoms with Crippen LogP contribution in [0, 0.1) is 0 Å². The van der Waals surface area contributed by atoms with Crippen LogP contribution in [-0.2, 0) is 6.42 Å². The van der Waals surface area contributed by atoms with Crippen molar-refractivity contribution in [2.24, 2.45) is 0 Å². The Hall–Kier alpha value is -1.22. The van der Waals surface area contributed by atoms with Gasteiger partial charge in [-0.05, 0) is 37.3 Å². The molecule has 1 aliphatic rings. The van der Waals surface area contributed by atoms with E-state index in [4.69, 9.17) is 14.6 Å². The van der Waals surface area contributed by atoms with Crippen LogP contribution in [0.3, 0.4) is 0 Å². The van der Waals surface area contributed by atoms with E-state index in [-0.39, 0.29) is 6.61 Å². The van der Waals surface area contributed by atoms with E-state index in [1.54, 1.807) is 14.2 Å². The molecule has 0 aliphatic heterocycles. The topological polar surface area (TPSA) is 38.7 Å². The lowest BCUT2D eigenvalue weighted by Crippen LogP contribution is -2.00. The Kier molecular flexibility index (Phi) is 3.34. The fraction of sp³-hybridized carbons (Fsp3) is 0.538. The molecule has 0 radical (unpaired) electrons. The maximum absolute atomic E-state index is 9.07. The van der Waals surface area contributed by atoms with Crippen LogP contribution in [0.1, 0.15) is 29.9 Å². The Bertz CT molecular complexity index is 374. The minimum atomic E-state index is 0.227. The molecule has 0 bridgehead atoms. The zero-order chi connectivity index (χ0) is 11.5. The molecule has 0 saturated heterocycles. The normalized spacial score (nSPS) is 18.3. The standard InChI is InChI=1S/C13H18O3/c1-15-11-5-6-12(16-2)13-9(7-8-14)3-4-10(11)13/h5-6,9,14H,3-4,7-8H2,1-2H3. The molecule has 3 heteroatoms. The van der Waals surface area contributed by atoms with Crippen LogP contribution >= 0.6 is 0 Å². The summed E-state index contributed by atoms with van der Waals surface area (Å²) in [5.74, 6) is 2.27. The number of hydrogen-bond acceptors (Lipinski definition) is 3. The highest BCUT2D eigenvalue weighted by molar-refractivity contribution is 5.53. The maximum atomic E-state index is 9.07. The summed E-state index contributed by atoms with van der Waals surface area (Å²) in [6.45, 7) is 0.227. The summed E-state index contributed by atoms with van der Waals surface area (Å²) in [5.41, 5.74) is 2.48. The van der Waals surface area contributed by atoms with Gasteiger partial charge in [0.1, 0.15) is 11.5 Å². The minimum Gasteiger partial charge on any atom is -0.496 e. The zero-order valence-electron chi connectivity index (χ0n) is 9.82. The molecule has 1 N–H and O–H groups in total. The summed E-state index contributed by atoms with van der Waals surface area (Å²) in [6.07, 6.45) is 2.89. The fourth-order valence-corrected chi connectivity index (χ4v) is 2.61. The van der Waals surface area contributed by atoms with Gasteiger partial charge in [0, 0.05) is 17.7 Å². The lowest BCUT2D eigenvalue weighted by atomic mass is 9.97. The highest BCUT2D eigenvalue weighted by atomic mass is 16.5. The van der Waals surface area contributed by atoms with Gasteiger partial charge in [-0.3, -0.25) is 0 Å². The predicted molar refractivity (Wildman–Crippen MR) is 62.3 cm³/mol. The van der Waals surface area contributed by atoms with E-state index in [0.717, 1.165) is 30.8 Å². The lowest BCUT2D eigenvalue weighted by Gasteiger charge is -2.15. The van der Waals surface area contributed by atoms with Crippen molar-refractivity contribution in [2.75, 3.05) is 20.8 Å². The number of aliphatic hydroxyl groups is 1. The monoisotopic (exact) mass is 222 g/mol. The van der Waals surface area contributed by atoms with Gasteiger partial charge in [-0.2, -0.15) is 0 Å². The molecule has 16 heavy (non-hydrogen) atoms. The molecule has 0 heterocycles. The maximum Gasteiger partial charge on any atom is 0.122 e. The van der Waals surface area contributed by atoms with Gasteiger partial charge in [-0.15, -0.1) is 0 Å². The number of fused-ring (bicyclic) bond motifs is 1. The van der Waals surface area contributed by atoms with E-state index in [0.29, 0.717) is 5.92 Å². The quantitative estimate of drug-likeness (QED) is 0.848. The Morgan fingerprint density at radius 2 is 1.94 bits per heavy atom. The highest BCUT2D eigenvalue weighted by Gasteiger charge is 2.28. The first-order chi connectivity index (χ1) is 7.81. The molecule has 1 aromatic rings. The van der Waals surface area contributed by atoms with Gasteiger partial charge in [0.05, 0.1) is 14.2 Å². The number of aliphatic hydroxyl groups excluding tert-OH is 1. The van der Waals surface area contributed by atoms with Crippen molar-refractivity contribution in [3.05, 3.63) is 23.3 Å². The Morgan fingerprint density at radius 3 is 2.56 bits per heavy atom. The van der Waals surface area contributed by atoms with E-state index in [1.165, 1.54) is 11.1 Å². The summed E-state index contributed by atoms with van der Waals surface area (Å²) >= 11 is 0. The molecule has 0 aromatic heterocycles. The second kappa shape index (κ2) is 4.74. The van der Waals surface area contributed by atoms with Crippen molar-refractivity contribution in [1.82, 2.24) is 0 Å². The van der Waals surface area contributed by atoms with Crippen LogP contribution in [-0.4, -0.2) is 25.9 Å². The zero-order valence-corrected chi connectivity index (χ0v) is 9.82. The van der Waals surface area contributed by atoms with Gasteiger partial charge in [-0.25, -0.2) is 0 Å². The average Bonchev–Trinajstić information content (AvgIpc) is 2.73. The van der Waals surface area contributed by atoms with E-state index in [9.17, 15) is 0 Å². The van der Waals surface area contributed by atoms with Crippen LogP contribution in [0.25, 0.3) is 0 Å². The second-order valence-electron chi connectivity index (χ2n) is 4.11. The number of rotatable bonds is 4. The van der Waals surface area contributed by atoms with Gasteiger partial charge in [0.25, 0.3) is 0 Å². The third-order valence-electron chi connectivity index (χ3n) is 3.34. The van der Waals surface area contributed by atoms with Gasteiger partial charge in [0.15, 0.2) is 0 Å². The van der Waals surface area contributed by atoms with Crippen molar-refractivity contribution >= 4 is 0 Å². The molecule has 0 spiro atoms. The smallest absolute Gasteiger partial charge is 0.122 e. The first-order valence-electron chi connectivity index (χ1n) is 5.66. The molecule has 88 valence electrons. The van der Waals surface area contributed by atoms with Crippen molar-refractivity contribution in [1.29, 1.82) is 0 Å². The van der Waals surface area contributed by atoms with Crippen molar-refractivity contribution in [2.45, 2.75) is 25.2 Å². The summed E-state index contributed by atoms with van der Waals surface area (Å²) in [4.78, 5) is 0. The summed E-state index contributed by atoms with van der Waals surface area (Å²) in [7, 11) is 3.39. The predicted octanol–water partition coefficient (Wildman–Crippen LogP) is 2.12. The lowest BCUT2D eigenvalue weighted by molar-refractivity contribution is 0.274. The molecule has 3 nitrogen and oxygen atoms in total. The molecular weight excluding hydrogens is 204 g/mol. The van der Waals surface area contributed by atoms with Crippen LogP contribution in [0.15, 0.2) is 12.1 Å². The van der Waals surface area contributed by atoms with E-state index >= 15 is 0 Å². The molecule has 1 atom stereocenters. The number of benzene rings is 1. The molecule has 0 fully saturated rings. The molecule has 0 amide bonds. The summed E-state index contributed by atoms with van der Waals surface area (Å²) in [5, 5.41) is 9.07. The van der Waals surface area contributed by atoms with Crippen molar-refractivity contribution in [3.8, 4) is 11.5 Å². The minimum absolute atomic E-state index is 0.227. The summed E-state index contributed by atoms with van der Waals surface area (Å²) in [6, 6.07) is 3.91. The number of hydrogen-bond donors (Lipinski definition) is 1. The van der Waals surface area contributed by atoms with E-state index in [1.807, 2.05) is 12.1 Å². The molecular formula is C13H18O3.